The van der Waals surface area contributed by atoms with E-state index in [1.54, 1.807) is 0 Å². The first-order valence-electron chi connectivity index (χ1n) is 6.99. The van der Waals surface area contributed by atoms with Crippen molar-refractivity contribution >= 4 is 6.08 Å². The molecule has 0 saturated heterocycles. The summed E-state index contributed by atoms with van der Waals surface area (Å²) in [4.78, 5) is 14.8. The van der Waals surface area contributed by atoms with Crippen LogP contribution in [0.3, 0.4) is 0 Å². The third kappa shape index (κ3) is 2.95. The lowest BCUT2D eigenvalue weighted by Gasteiger charge is -2.34. The van der Waals surface area contributed by atoms with Gasteiger partial charge in [-0.3, -0.25) is 0 Å². The topological polar surface area (TPSA) is 29.4 Å². The van der Waals surface area contributed by atoms with Gasteiger partial charge in [-0.2, -0.15) is 0 Å². The van der Waals surface area contributed by atoms with E-state index in [0.717, 1.165) is 0 Å². The molecule has 0 heterocycles. The van der Waals surface area contributed by atoms with Crippen molar-refractivity contribution in [3.63, 3.8) is 0 Å². The molecule has 0 aromatic heterocycles. The fraction of sp³-hybridized carbons (Fsp3) is 0.929. The van der Waals surface area contributed by atoms with E-state index in [-0.39, 0.29) is 0 Å². The van der Waals surface area contributed by atoms with Crippen LogP contribution in [0.5, 0.6) is 0 Å². The minimum Gasteiger partial charge on any atom is -0.211 e. The Morgan fingerprint density at radius 2 is 1.25 bits per heavy atom. The van der Waals surface area contributed by atoms with Crippen molar-refractivity contribution in [2.75, 3.05) is 0 Å². The summed E-state index contributed by atoms with van der Waals surface area (Å²) < 4.78 is 0. The van der Waals surface area contributed by atoms with Gasteiger partial charge in [0, 0.05) is 0 Å². The molecule has 0 bridgehead atoms. The summed E-state index contributed by atoms with van der Waals surface area (Å²) in [6.07, 6.45) is 15.1. The first-order valence-corrected chi connectivity index (χ1v) is 6.99. The van der Waals surface area contributed by atoms with Crippen LogP contribution in [0.25, 0.3) is 0 Å². The number of hydrogen-bond acceptors (Lipinski definition) is 2. The van der Waals surface area contributed by atoms with Crippen molar-refractivity contribution in [1.82, 2.24) is 0 Å². The lowest BCUT2D eigenvalue weighted by atomic mass is 9.74. The molecule has 16 heavy (non-hydrogen) atoms. The molecular weight excluding hydrogens is 198 g/mol. The average molecular weight is 221 g/mol. The number of hydrogen-bond donors (Lipinski definition) is 0. The van der Waals surface area contributed by atoms with Gasteiger partial charge in [0.25, 0.3) is 0 Å². The standard InChI is InChI=1S/C14H23NO/c16-11-15-14(12-7-3-1-4-8-12)13-9-5-2-6-10-13/h12-14H,1-10H2. The highest BCUT2D eigenvalue weighted by Gasteiger charge is 2.31. The van der Waals surface area contributed by atoms with E-state index in [9.17, 15) is 4.79 Å². The Balaban J connectivity index is 1.99. The third-order valence-corrected chi connectivity index (χ3v) is 4.47. The quantitative estimate of drug-likeness (QED) is 0.525. The van der Waals surface area contributed by atoms with Crippen LogP contribution in [0, 0.1) is 11.8 Å². The van der Waals surface area contributed by atoms with Gasteiger partial charge in [-0.15, -0.1) is 0 Å². The van der Waals surface area contributed by atoms with Crippen LogP contribution < -0.4 is 0 Å². The van der Waals surface area contributed by atoms with Crippen LogP contribution in [0.1, 0.15) is 64.2 Å². The molecule has 0 unspecified atom stereocenters. The molecule has 0 N–H and O–H groups in total. The van der Waals surface area contributed by atoms with Gasteiger partial charge in [-0.25, -0.2) is 9.79 Å². The van der Waals surface area contributed by atoms with Gasteiger partial charge in [0.05, 0.1) is 6.04 Å². The van der Waals surface area contributed by atoms with Gasteiger partial charge in [0.2, 0.25) is 6.08 Å². The fourth-order valence-electron chi connectivity index (χ4n) is 3.61. The van der Waals surface area contributed by atoms with E-state index in [1.807, 2.05) is 6.08 Å². The van der Waals surface area contributed by atoms with Crippen molar-refractivity contribution < 1.29 is 4.79 Å². The van der Waals surface area contributed by atoms with Crippen LogP contribution >= 0.6 is 0 Å². The Hall–Kier alpha value is -0.620. The summed E-state index contributed by atoms with van der Waals surface area (Å²) in [5.74, 6) is 1.36. The molecule has 0 aliphatic heterocycles. The van der Waals surface area contributed by atoms with Crippen molar-refractivity contribution in [3.8, 4) is 0 Å². The SMILES string of the molecule is O=C=NC(C1CCCCC1)C1CCCCC1. The lowest BCUT2D eigenvalue weighted by Crippen LogP contribution is -2.30. The van der Waals surface area contributed by atoms with Crippen molar-refractivity contribution in [2.24, 2.45) is 16.8 Å². The van der Waals surface area contributed by atoms with E-state index >= 15 is 0 Å². The zero-order chi connectivity index (χ0) is 11.2. The van der Waals surface area contributed by atoms with Crippen LogP contribution in [0.4, 0.5) is 0 Å². The molecule has 2 heteroatoms. The van der Waals surface area contributed by atoms with Crippen LogP contribution in [0.15, 0.2) is 4.99 Å². The maximum atomic E-state index is 10.6. The van der Waals surface area contributed by atoms with Crippen LogP contribution in [-0.4, -0.2) is 12.1 Å². The molecule has 0 spiro atoms. The highest BCUT2D eigenvalue weighted by Crippen LogP contribution is 2.37. The lowest BCUT2D eigenvalue weighted by molar-refractivity contribution is 0.206. The molecule has 0 amide bonds. The molecule has 90 valence electrons. The smallest absolute Gasteiger partial charge is 0.211 e. The van der Waals surface area contributed by atoms with E-state index < -0.39 is 0 Å². The molecule has 0 aromatic carbocycles. The van der Waals surface area contributed by atoms with E-state index in [0.29, 0.717) is 17.9 Å². The second-order valence-electron chi connectivity index (χ2n) is 5.51. The third-order valence-electron chi connectivity index (χ3n) is 4.47. The summed E-state index contributed by atoms with van der Waals surface area (Å²) in [5, 5.41) is 0. The molecule has 2 aliphatic rings. The fourth-order valence-corrected chi connectivity index (χ4v) is 3.61. The van der Waals surface area contributed by atoms with E-state index in [2.05, 4.69) is 4.99 Å². The Labute approximate surface area is 98.5 Å². The zero-order valence-corrected chi connectivity index (χ0v) is 10.2. The summed E-state index contributed by atoms with van der Waals surface area (Å²) in [5.41, 5.74) is 0. The van der Waals surface area contributed by atoms with Crippen molar-refractivity contribution in [2.45, 2.75) is 70.3 Å². The zero-order valence-electron chi connectivity index (χ0n) is 10.2. The molecule has 0 atom stereocenters. The minimum atomic E-state index is 0.304. The Kier molecular flexibility index (Phi) is 4.59. The first-order chi connectivity index (χ1) is 7.92. The monoisotopic (exact) mass is 221 g/mol. The highest BCUT2D eigenvalue weighted by molar-refractivity contribution is 5.33. The molecular formula is C14H23NO. The summed E-state index contributed by atoms with van der Waals surface area (Å²) >= 11 is 0. The summed E-state index contributed by atoms with van der Waals surface area (Å²) in [7, 11) is 0. The van der Waals surface area contributed by atoms with Crippen LogP contribution in [0.2, 0.25) is 0 Å². The Bertz CT molecular complexity index is 227. The maximum Gasteiger partial charge on any atom is 0.235 e. The maximum absolute atomic E-state index is 10.6. The molecule has 0 aromatic rings. The van der Waals surface area contributed by atoms with Gasteiger partial charge < -0.3 is 0 Å². The summed E-state index contributed by atoms with van der Waals surface area (Å²) in [6, 6.07) is 0.304. The molecule has 2 aliphatic carbocycles. The van der Waals surface area contributed by atoms with Gasteiger partial charge >= 0.3 is 0 Å². The number of aliphatic imine (C=N–C) groups is 1. The highest BCUT2D eigenvalue weighted by atomic mass is 16.1. The van der Waals surface area contributed by atoms with Gasteiger partial charge in [-0.1, -0.05) is 38.5 Å². The molecule has 2 rings (SSSR count). The average Bonchev–Trinajstić information content (AvgIpc) is 2.38. The van der Waals surface area contributed by atoms with Crippen molar-refractivity contribution in [1.29, 1.82) is 0 Å². The predicted molar refractivity (Wildman–Crippen MR) is 65.1 cm³/mol. The van der Waals surface area contributed by atoms with Crippen molar-refractivity contribution in [3.05, 3.63) is 0 Å². The second kappa shape index (κ2) is 6.20. The molecule has 0 radical (unpaired) electrons. The Morgan fingerprint density at radius 3 is 1.62 bits per heavy atom. The molecule has 2 saturated carbocycles. The van der Waals surface area contributed by atoms with Gasteiger partial charge in [-0.05, 0) is 37.5 Å². The number of rotatable bonds is 3. The van der Waals surface area contributed by atoms with E-state index in [1.165, 1.54) is 64.2 Å². The number of carbonyl (C=O) groups excluding carboxylic acids is 1. The number of isocyanates is 1. The predicted octanol–water partition coefficient (Wildman–Crippen LogP) is 3.85. The van der Waals surface area contributed by atoms with E-state index in [4.69, 9.17) is 0 Å². The number of nitrogens with zero attached hydrogens (tertiary/aromatic N) is 1. The minimum absolute atomic E-state index is 0.304. The normalized spacial score (nSPS) is 24.3. The molecule has 2 fully saturated rings. The second-order valence-corrected chi connectivity index (χ2v) is 5.51. The van der Waals surface area contributed by atoms with Gasteiger partial charge in [0.15, 0.2) is 0 Å². The molecule has 2 nitrogen and oxygen atoms in total. The van der Waals surface area contributed by atoms with Crippen LogP contribution in [-0.2, 0) is 4.79 Å². The largest absolute Gasteiger partial charge is 0.235 e. The Morgan fingerprint density at radius 1 is 0.812 bits per heavy atom. The summed E-state index contributed by atoms with van der Waals surface area (Å²) in [6.45, 7) is 0. The van der Waals surface area contributed by atoms with Gasteiger partial charge in [0.1, 0.15) is 0 Å². The first kappa shape index (κ1) is 11.9.